The maximum absolute atomic E-state index is 12.6. The first-order chi connectivity index (χ1) is 11.5. The highest BCUT2D eigenvalue weighted by Gasteiger charge is 2.32. The number of aromatic amines is 1. The van der Waals surface area contributed by atoms with Crippen LogP contribution in [0.4, 0.5) is 13.2 Å². The van der Waals surface area contributed by atoms with Gasteiger partial charge in [-0.1, -0.05) is 12.1 Å². The van der Waals surface area contributed by atoms with Gasteiger partial charge in [0.25, 0.3) is 0 Å². The second-order valence-electron chi connectivity index (χ2n) is 6.49. The van der Waals surface area contributed by atoms with Crippen LogP contribution in [-0.2, 0) is 12.7 Å². The number of nitrogens with zero attached hydrogens (tertiary/aromatic N) is 2. The quantitative estimate of drug-likeness (QED) is 0.761. The summed E-state index contributed by atoms with van der Waals surface area (Å²) in [6.07, 6.45) is -3.34. The zero-order valence-corrected chi connectivity index (χ0v) is 13.6. The monoisotopic (exact) mass is 351 g/mol. The lowest BCUT2D eigenvalue weighted by Crippen LogP contribution is -2.31. The molecule has 0 spiro atoms. The molecule has 2 heterocycles. The van der Waals surface area contributed by atoms with Crippen molar-refractivity contribution >= 4 is 11.0 Å². The number of alkyl halides is 3. The summed E-state index contributed by atoms with van der Waals surface area (Å²) in [6, 6.07) is 7.30. The first kappa shape index (κ1) is 17.2. The summed E-state index contributed by atoms with van der Waals surface area (Å²) in [4.78, 5) is 18.2. The van der Waals surface area contributed by atoms with E-state index in [2.05, 4.69) is 9.97 Å². The molecule has 25 heavy (non-hydrogen) atoms. The molecule has 0 bridgehead atoms. The molecule has 132 valence electrons. The number of halogens is 3. The van der Waals surface area contributed by atoms with Crippen LogP contribution in [0.3, 0.4) is 0 Å². The third-order valence-corrected chi connectivity index (χ3v) is 3.71. The minimum atomic E-state index is -4.48. The van der Waals surface area contributed by atoms with E-state index in [0.717, 1.165) is 12.3 Å². The Morgan fingerprint density at radius 3 is 2.40 bits per heavy atom. The molecule has 8 heteroatoms. The molecule has 3 rings (SSSR count). The van der Waals surface area contributed by atoms with Crippen molar-refractivity contribution in [2.75, 3.05) is 0 Å². The second-order valence-corrected chi connectivity index (χ2v) is 6.49. The Morgan fingerprint density at radius 2 is 1.84 bits per heavy atom. The van der Waals surface area contributed by atoms with Crippen LogP contribution in [-0.4, -0.2) is 25.2 Å². The second kappa shape index (κ2) is 5.73. The van der Waals surface area contributed by atoms with Crippen molar-refractivity contribution in [1.82, 2.24) is 14.5 Å². The van der Waals surface area contributed by atoms with Crippen molar-refractivity contribution in [2.24, 2.45) is 0 Å². The minimum absolute atomic E-state index is 0.118. The Morgan fingerprint density at radius 1 is 1.16 bits per heavy atom. The average Bonchev–Trinajstić information content (AvgIpc) is 2.80. The number of aliphatic hydroxyl groups is 1. The summed E-state index contributed by atoms with van der Waals surface area (Å²) in [7, 11) is 0. The van der Waals surface area contributed by atoms with Crippen molar-refractivity contribution < 1.29 is 18.3 Å². The van der Waals surface area contributed by atoms with E-state index in [1.165, 1.54) is 10.6 Å². The zero-order valence-electron chi connectivity index (χ0n) is 13.6. The predicted octanol–water partition coefficient (Wildman–Crippen LogP) is 3.18. The molecule has 1 aromatic carbocycles. The molecular formula is C17H16F3N3O2. The number of benzene rings is 1. The number of hydrogen-bond acceptors (Lipinski definition) is 3. The van der Waals surface area contributed by atoms with E-state index in [9.17, 15) is 23.1 Å². The van der Waals surface area contributed by atoms with E-state index in [1.54, 1.807) is 32.0 Å². The van der Waals surface area contributed by atoms with E-state index in [1.807, 2.05) is 0 Å². The van der Waals surface area contributed by atoms with Gasteiger partial charge in [-0.15, -0.1) is 0 Å². The zero-order chi connectivity index (χ0) is 18.4. The molecule has 0 atom stereocenters. The van der Waals surface area contributed by atoms with Crippen LogP contribution in [0.2, 0.25) is 0 Å². The molecule has 0 amide bonds. The van der Waals surface area contributed by atoms with Crippen LogP contribution in [0, 0.1) is 0 Å². The van der Waals surface area contributed by atoms with Gasteiger partial charge in [0.1, 0.15) is 5.69 Å². The summed E-state index contributed by atoms with van der Waals surface area (Å²) >= 11 is 0. The first-order valence-electron chi connectivity index (χ1n) is 7.53. The maximum Gasteiger partial charge on any atom is 0.433 e. The molecule has 0 aliphatic rings. The number of H-pyrrole nitrogens is 1. The Bertz CT molecular complexity index is 964. The topological polar surface area (TPSA) is 70.9 Å². The maximum atomic E-state index is 12.6. The highest BCUT2D eigenvalue weighted by Crippen LogP contribution is 2.29. The molecule has 0 aliphatic heterocycles. The molecule has 0 saturated heterocycles. The summed E-state index contributed by atoms with van der Waals surface area (Å²) < 4.78 is 39.2. The predicted molar refractivity (Wildman–Crippen MR) is 87.1 cm³/mol. The number of pyridine rings is 1. The van der Waals surface area contributed by atoms with Gasteiger partial charge in [0, 0.05) is 11.8 Å². The molecule has 0 fully saturated rings. The van der Waals surface area contributed by atoms with Gasteiger partial charge < -0.3 is 10.1 Å². The Kier molecular flexibility index (Phi) is 3.95. The smallest absolute Gasteiger partial charge is 0.389 e. The normalized spacial score (nSPS) is 12.7. The molecule has 0 unspecified atom stereocenters. The molecular weight excluding hydrogens is 335 g/mol. The van der Waals surface area contributed by atoms with Crippen LogP contribution < -0.4 is 5.69 Å². The van der Waals surface area contributed by atoms with Crippen molar-refractivity contribution in [3.05, 3.63) is 52.7 Å². The Balaban J connectivity index is 2.01. The third-order valence-electron chi connectivity index (χ3n) is 3.71. The van der Waals surface area contributed by atoms with Gasteiger partial charge in [-0.3, -0.25) is 9.55 Å². The molecule has 0 aliphatic carbocycles. The SMILES string of the molecule is CC(C)(O)Cn1c(=O)[nH]c2cc(-c3ccc(C(F)(F)F)nc3)ccc21. The van der Waals surface area contributed by atoms with Gasteiger partial charge >= 0.3 is 11.9 Å². The van der Waals surface area contributed by atoms with Gasteiger partial charge in [0.05, 0.1) is 23.2 Å². The standard InChI is InChI=1S/C17H16F3N3O2/c1-16(2,25)9-23-13-5-3-10(7-12(13)22-15(23)24)11-4-6-14(21-8-11)17(18,19)20/h3-8,25H,9H2,1-2H3,(H,22,24). The number of imidazole rings is 1. The Labute approximate surface area is 140 Å². The fraction of sp³-hybridized carbons (Fsp3) is 0.294. The lowest BCUT2D eigenvalue weighted by atomic mass is 10.1. The van der Waals surface area contributed by atoms with E-state index in [4.69, 9.17) is 0 Å². The van der Waals surface area contributed by atoms with Crippen molar-refractivity contribution in [3.63, 3.8) is 0 Å². The van der Waals surface area contributed by atoms with E-state index in [0.29, 0.717) is 22.2 Å². The highest BCUT2D eigenvalue weighted by atomic mass is 19.4. The average molecular weight is 351 g/mol. The van der Waals surface area contributed by atoms with Crippen LogP contribution >= 0.6 is 0 Å². The fourth-order valence-electron chi connectivity index (χ4n) is 2.62. The van der Waals surface area contributed by atoms with Crippen molar-refractivity contribution in [1.29, 1.82) is 0 Å². The van der Waals surface area contributed by atoms with E-state index < -0.39 is 17.5 Å². The lowest BCUT2D eigenvalue weighted by Gasteiger charge is -2.17. The van der Waals surface area contributed by atoms with Gasteiger partial charge in [-0.25, -0.2) is 4.79 Å². The van der Waals surface area contributed by atoms with E-state index in [-0.39, 0.29) is 12.2 Å². The highest BCUT2D eigenvalue weighted by molar-refractivity contribution is 5.82. The molecule has 2 aromatic heterocycles. The summed E-state index contributed by atoms with van der Waals surface area (Å²) in [6.45, 7) is 3.31. The van der Waals surface area contributed by atoms with Crippen LogP contribution in [0.25, 0.3) is 22.2 Å². The minimum Gasteiger partial charge on any atom is -0.389 e. The van der Waals surface area contributed by atoms with Crippen molar-refractivity contribution in [2.45, 2.75) is 32.2 Å². The van der Waals surface area contributed by atoms with Crippen molar-refractivity contribution in [3.8, 4) is 11.1 Å². The van der Waals surface area contributed by atoms with Gasteiger partial charge in [-0.05, 0) is 37.6 Å². The third kappa shape index (κ3) is 3.58. The Hall–Kier alpha value is -2.61. The van der Waals surface area contributed by atoms with Gasteiger partial charge in [-0.2, -0.15) is 13.2 Å². The summed E-state index contributed by atoms with van der Waals surface area (Å²) in [5, 5.41) is 9.92. The fourth-order valence-corrected chi connectivity index (χ4v) is 2.62. The number of hydrogen-bond donors (Lipinski definition) is 2. The molecule has 2 N–H and O–H groups in total. The largest absolute Gasteiger partial charge is 0.433 e. The molecule has 3 aromatic rings. The van der Waals surface area contributed by atoms with Gasteiger partial charge in [0.2, 0.25) is 0 Å². The summed E-state index contributed by atoms with van der Waals surface area (Å²) in [5.41, 5.74) is -0.102. The molecule has 5 nitrogen and oxygen atoms in total. The number of fused-ring (bicyclic) bond motifs is 1. The molecule has 0 radical (unpaired) electrons. The molecule has 0 saturated carbocycles. The number of aromatic nitrogens is 3. The van der Waals surface area contributed by atoms with Crippen LogP contribution in [0.15, 0.2) is 41.3 Å². The summed E-state index contributed by atoms with van der Waals surface area (Å²) in [5.74, 6) is 0. The van der Waals surface area contributed by atoms with Crippen LogP contribution in [0.1, 0.15) is 19.5 Å². The van der Waals surface area contributed by atoms with Gasteiger partial charge in [0.15, 0.2) is 0 Å². The lowest BCUT2D eigenvalue weighted by molar-refractivity contribution is -0.141. The number of rotatable bonds is 3. The first-order valence-corrected chi connectivity index (χ1v) is 7.53. The number of nitrogens with one attached hydrogen (secondary N) is 1. The van der Waals surface area contributed by atoms with Crippen LogP contribution in [0.5, 0.6) is 0 Å². The van der Waals surface area contributed by atoms with E-state index >= 15 is 0 Å².